The third-order valence-corrected chi connectivity index (χ3v) is 1.43. The first-order chi connectivity index (χ1) is 11.0. The second-order valence-corrected chi connectivity index (χ2v) is 8.48. The summed E-state index contributed by atoms with van der Waals surface area (Å²) in [6, 6.07) is 0. The Morgan fingerprint density at radius 2 is 0.958 bits per heavy atom. The van der Waals surface area contributed by atoms with Crippen LogP contribution in [0.4, 0.5) is 0 Å². The Kier molecular flexibility index (Phi) is 28.5. The smallest absolute Gasteiger partial charge is 0.129 e. The van der Waals surface area contributed by atoms with E-state index in [1.807, 2.05) is 27.7 Å². The molecule has 144 valence electrons. The molecule has 24 heavy (non-hydrogen) atoms. The highest BCUT2D eigenvalue weighted by molar-refractivity contribution is 7.07. The molecular formula is C18H40N4S2. The lowest BCUT2D eigenvalue weighted by Gasteiger charge is -2.05. The summed E-state index contributed by atoms with van der Waals surface area (Å²) in [5.74, 6) is 0. The normalized spacial score (nSPS) is 8.83. The first kappa shape index (κ1) is 30.9. The van der Waals surface area contributed by atoms with E-state index < -0.39 is 0 Å². The van der Waals surface area contributed by atoms with Gasteiger partial charge < -0.3 is 0 Å². The second-order valence-electron chi connectivity index (χ2n) is 7.16. The third-order valence-electron chi connectivity index (χ3n) is 0.565. The van der Waals surface area contributed by atoms with Gasteiger partial charge in [0, 0.05) is 0 Å². The maximum atomic E-state index is 3.65. The average molecular weight is 377 g/mol. The molecule has 0 atom stereocenters. The molecule has 2 rings (SSSR count). The van der Waals surface area contributed by atoms with Crippen LogP contribution in [-0.4, -0.2) is 19.6 Å². The molecule has 6 heteroatoms. The number of rotatable bonds is 0. The van der Waals surface area contributed by atoms with Crippen LogP contribution in [0.25, 0.3) is 0 Å². The standard InChI is InChI=1S/2C5H12.2C2H2N2S.2C2H6/c2*1-5(2,3)4;1-3-4-2-5-1;1-3-2-5-4-1;2*1-2/h2*1-4H3;2*1-2H;2*1-2H3. The highest BCUT2D eigenvalue weighted by Crippen LogP contribution is 2.08. The van der Waals surface area contributed by atoms with Gasteiger partial charge in [0.05, 0.1) is 0 Å². The Hall–Kier alpha value is -0.880. The first-order valence-corrected chi connectivity index (χ1v) is 10.2. The monoisotopic (exact) mass is 376 g/mol. The van der Waals surface area contributed by atoms with E-state index in [1.165, 1.54) is 29.2 Å². The summed E-state index contributed by atoms with van der Waals surface area (Å²) in [6.07, 6.45) is 1.52. The Bertz CT molecular complexity index is 276. The van der Waals surface area contributed by atoms with Crippen LogP contribution in [0.3, 0.4) is 0 Å². The fourth-order valence-electron chi connectivity index (χ4n) is 0.272. The molecule has 0 amide bonds. The van der Waals surface area contributed by atoms with Gasteiger partial charge in [-0.25, -0.2) is 4.98 Å². The molecule has 0 saturated carbocycles. The molecule has 2 aromatic rings. The molecule has 4 nitrogen and oxygen atoms in total. The Morgan fingerprint density at radius 1 is 0.625 bits per heavy atom. The van der Waals surface area contributed by atoms with Gasteiger partial charge in [-0.15, -0.1) is 21.5 Å². The number of hydrogen-bond donors (Lipinski definition) is 0. The zero-order valence-corrected chi connectivity index (χ0v) is 19.5. The minimum atomic E-state index is 0.500. The molecule has 0 radical (unpaired) electrons. The van der Waals surface area contributed by atoms with E-state index in [2.05, 4.69) is 74.9 Å². The number of hydrogen-bond acceptors (Lipinski definition) is 6. The lowest BCUT2D eigenvalue weighted by molar-refractivity contribution is 0.469. The molecule has 0 aliphatic rings. The molecule has 0 saturated heterocycles. The van der Waals surface area contributed by atoms with Crippen LogP contribution >= 0.6 is 22.9 Å². The molecule has 0 unspecified atom stereocenters. The summed E-state index contributed by atoms with van der Waals surface area (Å²) in [7, 11) is 0. The van der Waals surface area contributed by atoms with Crippen LogP contribution in [0.2, 0.25) is 0 Å². The van der Waals surface area contributed by atoms with Crippen molar-refractivity contribution in [2.75, 3.05) is 0 Å². The van der Waals surface area contributed by atoms with Gasteiger partial charge in [-0.1, -0.05) is 83.1 Å². The topological polar surface area (TPSA) is 51.6 Å². The van der Waals surface area contributed by atoms with Crippen molar-refractivity contribution in [2.45, 2.75) is 83.1 Å². The predicted octanol–water partition coefficient (Wildman–Crippen LogP) is 7.23. The van der Waals surface area contributed by atoms with E-state index in [9.17, 15) is 0 Å². The lowest BCUT2D eigenvalue weighted by atomic mass is 10.0. The molecule has 0 aromatic carbocycles. The summed E-state index contributed by atoms with van der Waals surface area (Å²) in [4.78, 5) is 3.63. The van der Waals surface area contributed by atoms with E-state index in [1.54, 1.807) is 16.5 Å². The van der Waals surface area contributed by atoms with Crippen molar-refractivity contribution in [1.29, 1.82) is 0 Å². The maximum absolute atomic E-state index is 3.65. The Morgan fingerprint density at radius 3 is 1.04 bits per heavy atom. The Labute approximate surface area is 159 Å². The van der Waals surface area contributed by atoms with Gasteiger partial charge in [0.1, 0.15) is 22.9 Å². The van der Waals surface area contributed by atoms with Crippen molar-refractivity contribution in [2.24, 2.45) is 10.8 Å². The van der Waals surface area contributed by atoms with E-state index in [0.29, 0.717) is 10.8 Å². The van der Waals surface area contributed by atoms with Crippen molar-refractivity contribution in [3.8, 4) is 0 Å². The summed E-state index contributed by atoms with van der Waals surface area (Å²) < 4.78 is 3.65. The van der Waals surface area contributed by atoms with Crippen LogP contribution in [0.1, 0.15) is 83.1 Å². The fraction of sp³-hybridized carbons (Fsp3) is 0.778. The average Bonchev–Trinajstić information content (AvgIpc) is 3.18. The molecule has 0 aliphatic carbocycles. The molecule has 0 N–H and O–H groups in total. The maximum Gasteiger partial charge on any atom is 0.129 e. The van der Waals surface area contributed by atoms with Gasteiger partial charge in [-0.05, 0) is 22.4 Å². The van der Waals surface area contributed by atoms with Crippen LogP contribution < -0.4 is 0 Å². The summed E-state index contributed by atoms with van der Waals surface area (Å²) >= 11 is 2.84. The molecule has 2 aromatic heterocycles. The quantitative estimate of drug-likeness (QED) is 0.486. The minimum absolute atomic E-state index is 0.500. The lowest BCUT2D eigenvalue weighted by Crippen LogP contribution is -1.93. The van der Waals surface area contributed by atoms with Gasteiger partial charge in [-0.3, -0.25) is 0 Å². The molecular weight excluding hydrogens is 336 g/mol. The summed E-state index contributed by atoms with van der Waals surface area (Å²) in [6.45, 7) is 25.5. The highest BCUT2D eigenvalue weighted by atomic mass is 32.1. The van der Waals surface area contributed by atoms with E-state index in [4.69, 9.17) is 0 Å². The second kappa shape index (κ2) is 22.1. The van der Waals surface area contributed by atoms with Gasteiger partial charge in [-0.2, -0.15) is 4.37 Å². The van der Waals surface area contributed by atoms with E-state index in [0.717, 1.165) is 0 Å². The zero-order chi connectivity index (χ0) is 20.1. The SMILES string of the molecule is CC.CC.CC(C)(C)C.CC(C)(C)C.c1ncsn1.c1nncs1. The van der Waals surface area contributed by atoms with Crippen LogP contribution in [0.5, 0.6) is 0 Å². The molecule has 2 heterocycles. The third kappa shape index (κ3) is 103. The molecule has 0 fully saturated rings. The summed E-state index contributed by atoms with van der Waals surface area (Å²) in [5, 5.41) is 6.98. The van der Waals surface area contributed by atoms with E-state index in [-0.39, 0.29) is 0 Å². The fourth-order valence-corrected chi connectivity index (χ4v) is 0.816. The van der Waals surface area contributed by atoms with Crippen LogP contribution in [0, 0.1) is 10.8 Å². The van der Waals surface area contributed by atoms with Gasteiger partial charge in [0.15, 0.2) is 0 Å². The van der Waals surface area contributed by atoms with Crippen molar-refractivity contribution < 1.29 is 0 Å². The largest absolute Gasteiger partial charge is 0.231 e. The highest BCUT2D eigenvalue weighted by Gasteiger charge is 1.96. The minimum Gasteiger partial charge on any atom is -0.231 e. The summed E-state index contributed by atoms with van der Waals surface area (Å²) in [5.41, 5.74) is 6.04. The van der Waals surface area contributed by atoms with Crippen molar-refractivity contribution in [1.82, 2.24) is 19.6 Å². The Balaban J connectivity index is -0.000000104. The van der Waals surface area contributed by atoms with Gasteiger partial charge in [0.2, 0.25) is 0 Å². The van der Waals surface area contributed by atoms with Crippen LogP contribution in [0.15, 0.2) is 22.9 Å². The van der Waals surface area contributed by atoms with E-state index >= 15 is 0 Å². The molecule has 0 aliphatic heterocycles. The van der Waals surface area contributed by atoms with Crippen LogP contribution in [-0.2, 0) is 0 Å². The molecule has 0 bridgehead atoms. The number of nitrogens with zero attached hydrogens (tertiary/aromatic N) is 4. The number of aromatic nitrogens is 4. The van der Waals surface area contributed by atoms with Crippen molar-refractivity contribution in [3.05, 3.63) is 22.9 Å². The predicted molar refractivity (Wildman–Crippen MR) is 113 cm³/mol. The van der Waals surface area contributed by atoms with Gasteiger partial charge >= 0.3 is 0 Å². The van der Waals surface area contributed by atoms with Crippen molar-refractivity contribution >= 4 is 22.9 Å². The zero-order valence-electron chi connectivity index (χ0n) is 17.9. The van der Waals surface area contributed by atoms with Gasteiger partial charge in [0.25, 0.3) is 0 Å². The first-order valence-electron chi connectivity index (χ1n) is 8.38. The van der Waals surface area contributed by atoms with Crippen molar-refractivity contribution in [3.63, 3.8) is 0 Å². The molecule has 0 spiro atoms.